The predicted octanol–water partition coefficient (Wildman–Crippen LogP) is -2.52. The fraction of sp³-hybridized carbons (Fsp3) is 0.375. The van der Waals surface area contributed by atoms with Crippen LogP contribution in [0.25, 0.3) is 0 Å². The molecule has 8 N–H and O–H groups in total. The van der Waals surface area contributed by atoms with Gasteiger partial charge in [0.05, 0.1) is 19.1 Å². The van der Waals surface area contributed by atoms with Crippen LogP contribution in [-0.2, 0) is 25.6 Å². The SMILES string of the molecule is NC(=O)CC(N)C(=O)NC(Cc1ccccc1)C(=O)NC(CO)C(=O)O. The smallest absolute Gasteiger partial charge is 0.328 e. The molecule has 3 amide bonds. The molecule has 1 aromatic rings. The summed E-state index contributed by atoms with van der Waals surface area (Å²) in [6, 6.07) is 4.76. The molecule has 0 bridgehead atoms. The average molecular weight is 366 g/mol. The van der Waals surface area contributed by atoms with Crippen molar-refractivity contribution in [2.45, 2.75) is 31.0 Å². The molecule has 0 spiro atoms. The highest BCUT2D eigenvalue weighted by atomic mass is 16.4. The van der Waals surface area contributed by atoms with Crippen LogP contribution in [0.4, 0.5) is 0 Å². The van der Waals surface area contributed by atoms with E-state index < -0.39 is 54.8 Å². The molecule has 0 radical (unpaired) electrons. The maximum absolute atomic E-state index is 12.4. The molecule has 142 valence electrons. The van der Waals surface area contributed by atoms with Crippen LogP contribution in [-0.4, -0.2) is 58.6 Å². The number of aliphatic hydroxyl groups is 1. The summed E-state index contributed by atoms with van der Waals surface area (Å²) < 4.78 is 0. The van der Waals surface area contributed by atoms with Crippen molar-refractivity contribution in [2.24, 2.45) is 11.5 Å². The lowest BCUT2D eigenvalue weighted by Crippen LogP contribution is -2.56. The lowest BCUT2D eigenvalue weighted by atomic mass is 10.0. The number of carboxylic acid groups (broad SMARTS) is 1. The standard InChI is InChI=1S/C16H22N4O6/c17-10(7-13(18)22)14(23)19-11(6-9-4-2-1-3-5-9)15(24)20-12(8-21)16(25)26/h1-5,10-12,21H,6-8,17H2,(H2,18,22)(H,19,23)(H,20,24)(H,25,26). The molecule has 10 heteroatoms. The lowest BCUT2D eigenvalue weighted by molar-refractivity contribution is -0.143. The summed E-state index contributed by atoms with van der Waals surface area (Å²) in [5, 5.41) is 22.5. The Morgan fingerprint density at radius 3 is 2.08 bits per heavy atom. The topological polar surface area (TPSA) is 185 Å². The second kappa shape index (κ2) is 10.1. The highest BCUT2D eigenvalue weighted by Gasteiger charge is 2.28. The number of nitrogens with two attached hydrogens (primary N) is 2. The molecule has 0 aliphatic carbocycles. The Labute approximate surface area is 149 Å². The van der Waals surface area contributed by atoms with Gasteiger partial charge in [0.25, 0.3) is 0 Å². The number of carbonyl (C=O) groups is 4. The molecular formula is C16H22N4O6. The van der Waals surface area contributed by atoms with Crippen LogP contribution >= 0.6 is 0 Å². The van der Waals surface area contributed by atoms with Crippen molar-refractivity contribution < 1.29 is 29.4 Å². The van der Waals surface area contributed by atoms with Crippen molar-refractivity contribution in [3.8, 4) is 0 Å². The third-order valence-corrected chi connectivity index (χ3v) is 3.47. The predicted molar refractivity (Wildman–Crippen MR) is 90.5 cm³/mol. The van der Waals surface area contributed by atoms with Crippen LogP contribution in [0.1, 0.15) is 12.0 Å². The fourth-order valence-corrected chi connectivity index (χ4v) is 2.11. The largest absolute Gasteiger partial charge is 0.480 e. The van der Waals surface area contributed by atoms with Gasteiger partial charge in [-0.25, -0.2) is 4.79 Å². The van der Waals surface area contributed by atoms with Crippen molar-refractivity contribution >= 4 is 23.7 Å². The molecule has 0 aliphatic heterocycles. The molecule has 0 saturated heterocycles. The Kier molecular flexibility index (Phi) is 8.19. The first-order valence-electron chi connectivity index (χ1n) is 7.76. The van der Waals surface area contributed by atoms with Gasteiger partial charge in [0.15, 0.2) is 0 Å². The molecule has 0 aromatic heterocycles. The van der Waals surface area contributed by atoms with E-state index in [1.165, 1.54) is 0 Å². The van der Waals surface area contributed by atoms with Gasteiger partial charge in [0.2, 0.25) is 17.7 Å². The van der Waals surface area contributed by atoms with Gasteiger partial charge in [-0.05, 0) is 5.56 Å². The average Bonchev–Trinajstić information content (AvgIpc) is 2.58. The Bertz CT molecular complexity index is 651. The lowest BCUT2D eigenvalue weighted by Gasteiger charge is -2.22. The summed E-state index contributed by atoms with van der Waals surface area (Å²) in [4.78, 5) is 46.3. The van der Waals surface area contributed by atoms with Crippen LogP contribution in [0.3, 0.4) is 0 Å². The number of carboxylic acids is 1. The summed E-state index contributed by atoms with van der Waals surface area (Å²) in [5.41, 5.74) is 11.2. The van der Waals surface area contributed by atoms with Crippen LogP contribution in [0.5, 0.6) is 0 Å². The Morgan fingerprint density at radius 1 is 1.00 bits per heavy atom. The molecule has 0 fully saturated rings. The van der Waals surface area contributed by atoms with Crippen LogP contribution in [0.2, 0.25) is 0 Å². The highest BCUT2D eigenvalue weighted by Crippen LogP contribution is 2.05. The molecule has 3 unspecified atom stereocenters. The van der Waals surface area contributed by atoms with E-state index >= 15 is 0 Å². The third kappa shape index (κ3) is 6.87. The van der Waals surface area contributed by atoms with Gasteiger partial charge in [-0.15, -0.1) is 0 Å². The number of carbonyl (C=O) groups excluding carboxylic acids is 3. The van der Waals surface area contributed by atoms with Gasteiger partial charge in [-0.2, -0.15) is 0 Å². The normalized spacial score (nSPS) is 13.9. The first-order valence-corrected chi connectivity index (χ1v) is 7.76. The van der Waals surface area contributed by atoms with Crippen molar-refractivity contribution in [3.63, 3.8) is 0 Å². The number of rotatable bonds is 10. The zero-order chi connectivity index (χ0) is 19.7. The van der Waals surface area contributed by atoms with E-state index in [-0.39, 0.29) is 6.42 Å². The molecule has 1 rings (SSSR count). The van der Waals surface area contributed by atoms with E-state index in [0.717, 1.165) is 0 Å². The van der Waals surface area contributed by atoms with Crippen molar-refractivity contribution in [2.75, 3.05) is 6.61 Å². The number of aliphatic carboxylic acids is 1. The monoisotopic (exact) mass is 366 g/mol. The fourth-order valence-electron chi connectivity index (χ4n) is 2.11. The Morgan fingerprint density at radius 2 is 1.58 bits per heavy atom. The number of amides is 3. The van der Waals surface area contributed by atoms with E-state index in [2.05, 4.69) is 10.6 Å². The molecular weight excluding hydrogens is 344 g/mol. The van der Waals surface area contributed by atoms with Crippen LogP contribution in [0.15, 0.2) is 30.3 Å². The molecule has 0 aliphatic rings. The molecule has 1 aromatic carbocycles. The van der Waals surface area contributed by atoms with Gasteiger partial charge in [-0.1, -0.05) is 30.3 Å². The van der Waals surface area contributed by atoms with E-state index in [0.29, 0.717) is 5.56 Å². The minimum atomic E-state index is -1.52. The minimum absolute atomic E-state index is 0.0550. The zero-order valence-electron chi connectivity index (χ0n) is 13.9. The number of nitrogens with one attached hydrogen (secondary N) is 2. The first kappa shape index (κ1) is 21.1. The maximum Gasteiger partial charge on any atom is 0.328 e. The van der Waals surface area contributed by atoms with E-state index in [9.17, 15) is 19.2 Å². The number of primary amides is 1. The molecule has 0 heterocycles. The highest BCUT2D eigenvalue weighted by molar-refractivity contribution is 5.93. The minimum Gasteiger partial charge on any atom is -0.480 e. The maximum atomic E-state index is 12.4. The Hall–Kier alpha value is -2.98. The molecule has 3 atom stereocenters. The van der Waals surface area contributed by atoms with Crippen molar-refractivity contribution in [1.82, 2.24) is 10.6 Å². The van der Waals surface area contributed by atoms with Gasteiger partial charge in [0.1, 0.15) is 12.1 Å². The van der Waals surface area contributed by atoms with Gasteiger partial charge >= 0.3 is 5.97 Å². The van der Waals surface area contributed by atoms with E-state index in [1.54, 1.807) is 30.3 Å². The molecule has 0 saturated carbocycles. The number of hydrogen-bond donors (Lipinski definition) is 6. The van der Waals surface area contributed by atoms with Gasteiger partial charge < -0.3 is 32.3 Å². The summed E-state index contributed by atoms with van der Waals surface area (Å²) >= 11 is 0. The Balaban J connectivity index is 2.90. The molecule has 10 nitrogen and oxygen atoms in total. The van der Waals surface area contributed by atoms with Gasteiger partial charge in [0, 0.05) is 6.42 Å². The summed E-state index contributed by atoms with van der Waals surface area (Å²) in [7, 11) is 0. The second-order valence-corrected chi connectivity index (χ2v) is 5.61. The van der Waals surface area contributed by atoms with Crippen LogP contribution in [0, 0.1) is 0 Å². The number of aliphatic hydroxyl groups excluding tert-OH is 1. The third-order valence-electron chi connectivity index (χ3n) is 3.47. The van der Waals surface area contributed by atoms with Gasteiger partial charge in [-0.3, -0.25) is 14.4 Å². The summed E-state index contributed by atoms with van der Waals surface area (Å²) in [5.74, 6) is -3.79. The summed E-state index contributed by atoms with van der Waals surface area (Å²) in [6.45, 7) is -0.811. The number of hydrogen-bond acceptors (Lipinski definition) is 6. The van der Waals surface area contributed by atoms with E-state index in [1.807, 2.05) is 0 Å². The first-order chi connectivity index (χ1) is 12.2. The molecule has 26 heavy (non-hydrogen) atoms. The second-order valence-electron chi connectivity index (χ2n) is 5.61. The van der Waals surface area contributed by atoms with Crippen LogP contribution < -0.4 is 22.1 Å². The zero-order valence-corrected chi connectivity index (χ0v) is 13.9. The van der Waals surface area contributed by atoms with E-state index in [4.69, 9.17) is 21.7 Å². The quantitative estimate of drug-likeness (QED) is 0.264. The van der Waals surface area contributed by atoms with Crippen molar-refractivity contribution in [1.29, 1.82) is 0 Å². The number of benzene rings is 1. The van der Waals surface area contributed by atoms with Crippen molar-refractivity contribution in [3.05, 3.63) is 35.9 Å². The summed E-state index contributed by atoms with van der Waals surface area (Å²) in [6.07, 6.45) is -0.348.